The van der Waals surface area contributed by atoms with E-state index in [-0.39, 0.29) is 5.91 Å². The number of fused-ring (bicyclic) bond motifs is 1. The van der Waals surface area contributed by atoms with Gasteiger partial charge in [0.2, 0.25) is 0 Å². The average Bonchev–Trinajstić information content (AvgIpc) is 3.08. The summed E-state index contributed by atoms with van der Waals surface area (Å²) in [4.78, 5) is 21.8. The Kier molecular flexibility index (Phi) is 5.19. The summed E-state index contributed by atoms with van der Waals surface area (Å²) < 4.78 is 0. The average molecular weight is 418 g/mol. The fraction of sp³-hybridized carbons (Fsp3) is 0.200. The second-order valence-electron chi connectivity index (χ2n) is 6.49. The Balaban J connectivity index is 1.66. The minimum absolute atomic E-state index is 0.0830. The molecule has 1 aliphatic rings. The van der Waals surface area contributed by atoms with E-state index in [1.54, 1.807) is 17.5 Å². The molecule has 0 saturated heterocycles. The number of benzene rings is 2. The monoisotopic (exact) mass is 417 g/mol. The molecule has 0 spiro atoms. The fourth-order valence-corrected chi connectivity index (χ4v) is 4.24. The third-order valence-electron chi connectivity index (χ3n) is 4.56. The minimum atomic E-state index is -0.0830. The molecule has 4 rings (SSSR count). The summed E-state index contributed by atoms with van der Waals surface area (Å²) in [5, 5.41) is 3.52. The van der Waals surface area contributed by atoms with Crippen molar-refractivity contribution in [3.05, 3.63) is 69.1 Å². The Hall–Kier alpha value is -1.92. The maximum absolute atomic E-state index is 13.2. The number of carbonyl (C=O) groups is 1. The number of thiazole rings is 1. The number of rotatable bonds is 2. The Morgan fingerprint density at radius 1 is 1.11 bits per heavy atom. The van der Waals surface area contributed by atoms with Crippen molar-refractivity contribution in [1.29, 1.82) is 0 Å². The van der Waals surface area contributed by atoms with Gasteiger partial charge in [0.1, 0.15) is 10.7 Å². The zero-order valence-electron chi connectivity index (χ0n) is 14.7. The van der Waals surface area contributed by atoms with Crippen molar-refractivity contribution in [2.24, 2.45) is 0 Å². The first-order valence-electron chi connectivity index (χ1n) is 8.52. The Morgan fingerprint density at radius 3 is 2.74 bits per heavy atom. The molecular weight excluding hydrogens is 401 g/mol. The SMILES string of the molecule is CN1CCN(C(=O)c2csc(-c3ccc(Cl)c(Cl)c3)n2)c2ccccc2C1. The zero-order chi connectivity index (χ0) is 19.0. The van der Waals surface area contributed by atoms with Crippen LogP contribution < -0.4 is 4.90 Å². The minimum Gasteiger partial charge on any atom is -0.305 e. The molecule has 4 nitrogen and oxygen atoms in total. The van der Waals surface area contributed by atoms with Crippen molar-refractivity contribution in [1.82, 2.24) is 9.88 Å². The number of para-hydroxylation sites is 1. The molecule has 1 aliphatic heterocycles. The van der Waals surface area contributed by atoms with Gasteiger partial charge in [-0.05, 0) is 30.8 Å². The highest BCUT2D eigenvalue weighted by atomic mass is 35.5. The number of halogens is 2. The molecule has 1 aromatic heterocycles. The van der Waals surface area contributed by atoms with Gasteiger partial charge in [-0.2, -0.15) is 0 Å². The Bertz CT molecular complexity index is 1000. The highest BCUT2D eigenvalue weighted by molar-refractivity contribution is 7.13. The molecule has 2 heterocycles. The first-order chi connectivity index (χ1) is 13.0. The van der Waals surface area contributed by atoms with Crippen molar-refractivity contribution in [3.8, 4) is 10.6 Å². The van der Waals surface area contributed by atoms with Crippen LogP contribution >= 0.6 is 34.5 Å². The maximum atomic E-state index is 13.2. The summed E-state index contributed by atoms with van der Waals surface area (Å²) in [6, 6.07) is 13.4. The van der Waals surface area contributed by atoms with E-state index in [9.17, 15) is 4.79 Å². The van der Waals surface area contributed by atoms with Crippen LogP contribution in [0.25, 0.3) is 10.6 Å². The lowest BCUT2D eigenvalue weighted by molar-refractivity contribution is 0.0982. The maximum Gasteiger partial charge on any atom is 0.277 e. The summed E-state index contributed by atoms with van der Waals surface area (Å²) in [5.74, 6) is -0.0830. The summed E-state index contributed by atoms with van der Waals surface area (Å²) in [6.07, 6.45) is 0. The first kappa shape index (κ1) is 18.4. The van der Waals surface area contributed by atoms with Crippen LogP contribution in [0.3, 0.4) is 0 Å². The molecular formula is C20H17Cl2N3OS. The topological polar surface area (TPSA) is 36.4 Å². The van der Waals surface area contributed by atoms with Gasteiger partial charge in [0.25, 0.3) is 5.91 Å². The zero-order valence-corrected chi connectivity index (χ0v) is 17.0. The van der Waals surface area contributed by atoms with Crippen molar-refractivity contribution in [2.45, 2.75) is 6.54 Å². The molecule has 138 valence electrons. The standard InChI is InChI=1S/C20H17Cl2N3OS/c1-24-8-9-25(18-5-3-2-4-14(18)11-24)20(26)17-12-27-19(23-17)13-6-7-15(21)16(22)10-13/h2-7,10,12H,8-9,11H2,1H3. The van der Waals surface area contributed by atoms with Gasteiger partial charge in [0.15, 0.2) is 0 Å². The molecule has 2 aromatic carbocycles. The van der Waals surface area contributed by atoms with E-state index in [1.165, 1.54) is 11.3 Å². The lowest BCUT2D eigenvalue weighted by Crippen LogP contribution is -2.35. The first-order valence-corrected chi connectivity index (χ1v) is 10.2. The largest absolute Gasteiger partial charge is 0.305 e. The molecule has 1 amide bonds. The van der Waals surface area contributed by atoms with Crippen LogP contribution in [-0.2, 0) is 6.54 Å². The summed E-state index contributed by atoms with van der Waals surface area (Å²) in [7, 11) is 2.07. The van der Waals surface area contributed by atoms with E-state index >= 15 is 0 Å². The number of hydrogen-bond acceptors (Lipinski definition) is 4. The third kappa shape index (κ3) is 3.73. The lowest BCUT2D eigenvalue weighted by atomic mass is 10.1. The fourth-order valence-electron chi connectivity index (χ4n) is 3.15. The van der Waals surface area contributed by atoms with E-state index in [4.69, 9.17) is 23.2 Å². The van der Waals surface area contributed by atoms with Gasteiger partial charge in [-0.25, -0.2) is 4.98 Å². The third-order valence-corrected chi connectivity index (χ3v) is 6.19. The van der Waals surface area contributed by atoms with Crippen molar-refractivity contribution >= 4 is 46.1 Å². The van der Waals surface area contributed by atoms with E-state index in [1.807, 2.05) is 29.2 Å². The van der Waals surface area contributed by atoms with Crippen LogP contribution in [-0.4, -0.2) is 35.9 Å². The van der Waals surface area contributed by atoms with Gasteiger partial charge in [0.05, 0.1) is 10.0 Å². The molecule has 0 unspecified atom stereocenters. The second kappa shape index (κ2) is 7.60. The van der Waals surface area contributed by atoms with Crippen LogP contribution in [0.2, 0.25) is 10.0 Å². The van der Waals surface area contributed by atoms with Crippen LogP contribution in [0.15, 0.2) is 47.8 Å². The van der Waals surface area contributed by atoms with Gasteiger partial charge in [-0.1, -0.05) is 47.5 Å². The summed E-state index contributed by atoms with van der Waals surface area (Å²) in [6.45, 7) is 2.27. The summed E-state index contributed by atoms with van der Waals surface area (Å²) >= 11 is 13.5. The number of aromatic nitrogens is 1. The van der Waals surface area contributed by atoms with E-state index in [0.29, 0.717) is 22.3 Å². The van der Waals surface area contributed by atoms with Gasteiger partial charge in [-0.3, -0.25) is 4.79 Å². The Labute approximate surface area is 172 Å². The number of nitrogens with zero attached hydrogens (tertiary/aromatic N) is 3. The number of amides is 1. The Morgan fingerprint density at radius 2 is 1.93 bits per heavy atom. The molecule has 0 fully saturated rings. The van der Waals surface area contributed by atoms with Gasteiger partial charge >= 0.3 is 0 Å². The van der Waals surface area contributed by atoms with Crippen LogP contribution in [0.4, 0.5) is 5.69 Å². The van der Waals surface area contributed by atoms with Crippen LogP contribution in [0.5, 0.6) is 0 Å². The predicted octanol–water partition coefficient (Wildman–Crippen LogP) is 5.21. The molecule has 3 aromatic rings. The molecule has 0 bridgehead atoms. The van der Waals surface area contributed by atoms with E-state index in [2.05, 4.69) is 23.0 Å². The van der Waals surface area contributed by atoms with Crippen LogP contribution in [0.1, 0.15) is 16.1 Å². The summed E-state index contributed by atoms with van der Waals surface area (Å²) in [5.41, 5.74) is 3.40. The van der Waals surface area contributed by atoms with Crippen molar-refractivity contribution in [3.63, 3.8) is 0 Å². The number of carbonyl (C=O) groups excluding carboxylic acids is 1. The van der Waals surface area contributed by atoms with Gasteiger partial charge in [-0.15, -0.1) is 11.3 Å². The highest BCUT2D eigenvalue weighted by Crippen LogP contribution is 2.31. The number of anilines is 1. The lowest BCUT2D eigenvalue weighted by Gasteiger charge is -2.21. The van der Waals surface area contributed by atoms with E-state index in [0.717, 1.165) is 34.9 Å². The quantitative estimate of drug-likeness (QED) is 0.573. The predicted molar refractivity (Wildman–Crippen MR) is 112 cm³/mol. The van der Waals surface area contributed by atoms with Crippen LogP contribution in [0, 0.1) is 0 Å². The van der Waals surface area contributed by atoms with Gasteiger partial charge in [0, 0.05) is 36.3 Å². The molecule has 0 radical (unpaired) electrons. The van der Waals surface area contributed by atoms with Crippen molar-refractivity contribution in [2.75, 3.05) is 25.0 Å². The molecule has 0 saturated carbocycles. The molecule has 7 heteroatoms. The normalized spacial score (nSPS) is 14.7. The molecule has 0 aliphatic carbocycles. The highest BCUT2D eigenvalue weighted by Gasteiger charge is 2.25. The molecule has 0 N–H and O–H groups in total. The van der Waals surface area contributed by atoms with Crippen molar-refractivity contribution < 1.29 is 4.79 Å². The smallest absolute Gasteiger partial charge is 0.277 e. The van der Waals surface area contributed by atoms with E-state index < -0.39 is 0 Å². The molecule has 27 heavy (non-hydrogen) atoms. The molecule has 0 atom stereocenters. The number of hydrogen-bond donors (Lipinski definition) is 0. The number of likely N-dealkylation sites (N-methyl/N-ethyl adjacent to an activating group) is 1. The van der Waals surface area contributed by atoms with Gasteiger partial charge < -0.3 is 9.80 Å². The second-order valence-corrected chi connectivity index (χ2v) is 8.16.